The Labute approximate surface area is 255 Å². The van der Waals surface area contributed by atoms with Gasteiger partial charge in [0.2, 0.25) is 5.91 Å². The number of para-hydroxylation sites is 1. The highest BCUT2D eigenvalue weighted by Gasteiger charge is 2.39. The lowest BCUT2D eigenvalue weighted by Crippen LogP contribution is -2.55. The predicted octanol–water partition coefficient (Wildman–Crippen LogP) is 5.61. The van der Waals surface area contributed by atoms with Gasteiger partial charge in [-0.25, -0.2) is 4.79 Å². The maximum absolute atomic E-state index is 14.2. The number of hydrogen-bond donors (Lipinski definition) is 3. The largest absolute Gasteiger partial charge is 0.490 e. The second kappa shape index (κ2) is 14.0. The van der Waals surface area contributed by atoms with Crippen molar-refractivity contribution >= 4 is 69.2 Å². The third-order valence-corrected chi connectivity index (χ3v) is 7.42. The highest BCUT2D eigenvalue weighted by Crippen LogP contribution is 2.35. The fraction of sp³-hybridized carbons (Fsp3) is 0.393. The number of aromatic amines is 1. The number of carboxylic acids is 1. The molecule has 0 bridgehead atoms. The van der Waals surface area contributed by atoms with Crippen molar-refractivity contribution in [2.75, 3.05) is 32.1 Å². The zero-order chi connectivity index (χ0) is 31.4. The van der Waals surface area contributed by atoms with Gasteiger partial charge in [-0.2, -0.15) is 13.2 Å². The Morgan fingerprint density at radius 1 is 1.17 bits per heavy atom. The summed E-state index contributed by atoms with van der Waals surface area (Å²) in [5.41, 5.74) is 3.72. The minimum atomic E-state index is -5.08. The number of aliphatic carboxylic acids is 1. The summed E-state index contributed by atoms with van der Waals surface area (Å²) in [5.74, 6) is -3.70. The number of nitrogens with zero attached hydrogens (tertiary/aromatic N) is 2. The van der Waals surface area contributed by atoms with Crippen LogP contribution in [-0.2, 0) is 20.8 Å². The third-order valence-electron chi connectivity index (χ3n) is 6.79. The highest BCUT2D eigenvalue weighted by atomic mass is 35.5. The topological polar surface area (TPSA) is 106 Å². The number of benzene rings is 2. The number of alkyl halides is 5. The molecular weight excluding hydrogens is 620 g/mol. The minimum absolute atomic E-state index is 0.211. The second-order valence-corrected chi connectivity index (χ2v) is 11.8. The smallest absolute Gasteiger partial charge is 0.475 e. The molecule has 0 saturated heterocycles. The number of rotatable bonds is 7. The molecule has 3 aromatic rings. The molecule has 14 heteroatoms. The number of carboxylic acid groups (broad SMARTS) is 1. The van der Waals surface area contributed by atoms with Gasteiger partial charge in [-0.3, -0.25) is 9.59 Å². The van der Waals surface area contributed by atoms with Gasteiger partial charge < -0.3 is 25.2 Å². The number of anilines is 1. The lowest BCUT2D eigenvalue weighted by Gasteiger charge is -2.38. The van der Waals surface area contributed by atoms with Crippen molar-refractivity contribution in [3.8, 4) is 0 Å². The molecule has 0 radical (unpaired) electrons. The first-order valence-electron chi connectivity index (χ1n) is 12.8. The molecule has 2 amide bonds. The zero-order valence-electron chi connectivity index (χ0n) is 22.9. The molecule has 1 aromatic heterocycles. The number of fused-ring (bicyclic) bond motifs is 2. The van der Waals surface area contributed by atoms with E-state index < -0.39 is 28.9 Å². The van der Waals surface area contributed by atoms with E-state index in [0.717, 1.165) is 40.7 Å². The Morgan fingerprint density at radius 2 is 1.81 bits per heavy atom. The molecule has 228 valence electrons. The number of H-pyrrole nitrogens is 1. The van der Waals surface area contributed by atoms with Crippen LogP contribution < -0.4 is 10.2 Å². The lowest BCUT2D eigenvalue weighted by molar-refractivity contribution is -0.192. The van der Waals surface area contributed by atoms with E-state index in [1.165, 1.54) is 0 Å². The van der Waals surface area contributed by atoms with E-state index in [-0.39, 0.29) is 17.7 Å². The van der Waals surface area contributed by atoms with E-state index in [2.05, 4.69) is 15.2 Å². The Hall–Kier alpha value is -2.99. The van der Waals surface area contributed by atoms with E-state index in [1.54, 1.807) is 11.0 Å². The fourth-order valence-corrected chi connectivity index (χ4v) is 5.32. The van der Waals surface area contributed by atoms with Crippen molar-refractivity contribution in [3.05, 3.63) is 64.8 Å². The Bertz CT molecular complexity index is 1430. The number of carbonyl (C=O) groups excluding carboxylic acids is 2. The van der Waals surface area contributed by atoms with Crippen LogP contribution in [0.15, 0.2) is 48.7 Å². The van der Waals surface area contributed by atoms with Crippen molar-refractivity contribution in [3.63, 3.8) is 0 Å². The highest BCUT2D eigenvalue weighted by molar-refractivity contribution is 6.53. The number of halogens is 6. The molecule has 1 aliphatic heterocycles. The minimum Gasteiger partial charge on any atom is -0.475 e. The van der Waals surface area contributed by atoms with E-state index >= 15 is 0 Å². The molecule has 0 saturated carbocycles. The van der Waals surface area contributed by atoms with Crippen LogP contribution in [0.3, 0.4) is 0 Å². The van der Waals surface area contributed by atoms with Crippen LogP contribution in [0.2, 0.25) is 5.02 Å². The number of amides is 2. The van der Waals surface area contributed by atoms with Crippen LogP contribution >= 0.6 is 34.8 Å². The van der Waals surface area contributed by atoms with Crippen molar-refractivity contribution in [2.45, 2.75) is 36.3 Å². The van der Waals surface area contributed by atoms with Crippen LogP contribution in [0.1, 0.15) is 24.0 Å². The van der Waals surface area contributed by atoms with E-state index in [0.29, 0.717) is 11.6 Å². The SMILES string of the molecule is CC(c1c[nH]c2ccccc12)C(NC(=O)C(Cl)Cl)C(=O)N1C[C@@H](CN(C)C)Cc2cc(Cl)ccc21.O=C(O)C(F)(F)F. The normalized spacial score (nSPS) is 16.5. The number of hydrogen-bond acceptors (Lipinski definition) is 4. The Balaban J connectivity index is 0.000000616. The van der Waals surface area contributed by atoms with Crippen LogP contribution in [0.4, 0.5) is 18.9 Å². The second-order valence-electron chi connectivity index (χ2n) is 10.2. The number of nitrogens with one attached hydrogen (secondary N) is 2. The van der Waals surface area contributed by atoms with Gasteiger partial charge in [-0.05, 0) is 61.8 Å². The molecule has 2 heterocycles. The molecule has 2 unspecified atom stereocenters. The van der Waals surface area contributed by atoms with E-state index in [9.17, 15) is 22.8 Å². The van der Waals surface area contributed by atoms with Gasteiger partial charge in [0.05, 0.1) is 0 Å². The van der Waals surface area contributed by atoms with Crippen molar-refractivity contribution in [1.29, 1.82) is 0 Å². The zero-order valence-corrected chi connectivity index (χ0v) is 25.2. The van der Waals surface area contributed by atoms with Gasteiger partial charge in [-0.15, -0.1) is 0 Å². The first-order valence-corrected chi connectivity index (χ1v) is 14.0. The average molecular weight is 650 g/mol. The summed E-state index contributed by atoms with van der Waals surface area (Å²) in [6.45, 7) is 3.28. The number of aromatic nitrogens is 1. The quantitative estimate of drug-likeness (QED) is 0.289. The first-order chi connectivity index (χ1) is 19.6. The predicted molar refractivity (Wildman–Crippen MR) is 157 cm³/mol. The van der Waals surface area contributed by atoms with Gasteiger partial charge >= 0.3 is 12.1 Å². The third kappa shape index (κ3) is 8.31. The summed E-state index contributed by atoms with van der Waals surface area (Å²) in [6, 6.07) is 12.6. The van der Waals surface area contributed by atoms with E-state index in [1.807, 2.05) is 63.6 Å². The summed E-state index contributed by atoms with van der Waals surface area (Å²) < 4.78 is 31.7. The summed E-state index contributed by atoms with van der Waals surface area (Å²) >= 11 is 18.0. The summed E-state index contributed by atoms with van der Waals surface area (Å²) in [4.78, 5) is 41.5. The summed E-state index contributed by atoms with van der Waals surface area (Å²) in [5, 5.41) is 11.6. The molecule has 1 aliphatic rings. The number of carbonyl (C=O) groups is 3. The fourth-order valence-electron chi connectivity index (χ4n) is 5.00. The van der Waals surface area contributed by atoms with E-state index in [4.69, 9.17) is 44.7 Å². The monoisotopic (exact) mass is 648 g/mol. The average Bonchev–Trinajstić information content (AvgIpc) is 3.34. The molecule has 3 atom stereocenters. The van der Waals surface area contributed by atoms with Crippen LogP contribution in [0, 0.1) is 5.92 Å². The first kappa shape index (κ1) is 33.5. The molecule has 2 aromatic carbocycles. The van der Waals surface area contributed by atoms with Gasteiger partial charge in [0.25, 0.3) is 5.91 Å². The molecule has 42 heavy (non-hydrogen) atoms. The van der Waals surface area contributed by atoms with Gasteiger partial charge in [0.1, 0.15) is 6.04 Å². The Kier molecular flexibility index (Phi) is 11.2. The van der Waals surface area contributed by atoms with Gasteiger partial charge in [0.15, 0.2) is 4.84 Å². The maximum Gasteiger partial charge on any atom is 0.490 e. The van der Waals surface area contributed by atoms with Crippen molar-refractivity contribution < 1.29 is 32.7 Å². The Morgan fingerprint density at radius 3 is 2.40 bits per heavy atom. The van der Waals surface area contributed by atoms with Crippen molar-refractivity contribution in [1.82, 2.24) is 15.2 Å². The standard InChI is InChI=1S/C26H29Cl3N4O2.C2HF3O2/c1-15(20-12-30-21-7-5-4-6-19(20)21)23(31-25(34)24(28)29)26(35)33-14-16(13-32(2)3)10-17-11-18(27)8-9-22(17)33;3-2(4,5)1(6)7/h4-9,11-12,15-16,23-24,30H,10,13-14H2,1-3H3,(H,31,34);(H,6,7)/t15?,16-,23?;/m1./s1. The van der Waals surface area contributed by atoms with Gasteiger partial charge in [0, 0.05) is 46.8 Å². The molecule has 3 N–H and O–H groups in total. The van der Waals surface area contributed by atoms with Gasteiger partial charge in [-0.1, -0.05) is 59.9 Å². The van der Waals surface area contributed by atoms with Crippen LogP contribution in [0.5, 0.6) is 0 Å². The molecule has 8 nitrogen and oxygen atoms in total. The molecule has 0 aliphatic carbocycles. The van der Waals surface area contributed by atoms with Crippen LogP contribution in [0.25, 0.3) is 10.9 Å². The molecule has 0 spiro atoms. The lowest BCUT2D eigenvalue weighted by atomic mass is 9.88. The molecule has 4 rings (SSSR count). The molecule has 0 fully saturated rings. The summed E-state index contributed by atoms with van der Waals surface area (Å²) in [6.07, 6.45) is -2.38. The summed E-state index contributed by atoms with van der Waals surface area (Å²) in [7, 11) is 4.03. The maximum atomic E-state index is 14.2. The van der Waals surface area contributed by atoms with Crippen LogP contribution in [-0.4, -0.2) is 77.0 Å². The van der Waals surface area contributed by atoms with Crippen molar-refractivity contribution in [2.24, 2.45) is 5.92 Å². The molecular formula is C28H30Cl3F3N4O4.